The van der Waals surface area contributed by atoms with Crippen molar-refractivity contribution in [1.29, 1.82) is 0 Å². The lowest BCUT2D eigenvalue weighted by Gasteiger charge is -2.10. The fraction of sp³-hybridized carbons (Fsp3) is 0.0476. The van der Waals surface area contributed by atoms with Crippen LogP contribution in [-0.2, 0) is 6.61 Å². The van der Waals surface area contributed by atoms with Gasteiger partial charge in [-0.25, -0.2) is 9.18 Å². The van der Waals surface area contributed by atoms with Gasteiger partial charge in [-0.1, -0.05) is 39.7 Å². The van der Waals surface area contributed by atoms with E-state index in [1.165, 1.54) is 24.3 Å². The molecule has 2 N–H and O–H groups in total. The number of rotatable bonds is 7. The topological polar surface area (TPSA) is 70.9 Å². The molecule has 0 atom stereocenters. The zero-order valence-electron chi connectivity index (χ0n) is 14.9. The third kappa shape index (κ3) is 5.79. The van der Waals surface area contributed by atoms with Crippen molar-refractivity contribution < 1.29 is 19.0 Å². The second kappa shape index (κ2) is 9.54. The summed E-state index contributed by atoms with van der Waals surface area (Å²) >= 11 is 9.28. The van der Waals surface area contributed by atoms with E-state index in [4.69, 9.17) is 21.4 Å². The molecule has 0 aliphatic carbocycles. The number of carbonyl (C=O) groups is 1. The van der Waals surface area contributed by atoms with E-state index >= 15 is 0 Å². The van der Waals surface area contributed by atoms with E-state index in [0.29, 0.717) is 17.0 Å². The first-order valence-electron chi connectivity index (χ1n) is 8.41. The van der Waals surface area contributed by atoms with Crippen molar-refractivity contribution in [2.24, 2.45) is 5.10 Å². The number of nitrogens with zero attached hydrogens (tertiary/aromatic N) is 1. The predicted octanol–water partition coefficient (Wildman–Crippen LogP) is 5.96. The minimum absolute atomic E-state index is 0.0161. The SMILES string of the molecule is O=C(O)c1cc(N/N=C\c2cc(Br)ccc2OCc2ccc(F)cc2)ccc1Cl. The standard InChI is InChI=1S/C21H15BrClFN2O3/c22-15-3-8-20(29-12-13-1-4-16(24)5-2-13)14(9-15)11-25-26-17-6-7-19(23)18(10-17)21(27)28/h1-11,26H,12H2,(H,27,28)/b25-11-. The second-order valence-corrected chi connectivity index (χ2v) is 7.29. The highest BCUT2D eigenvalue weighted by molar-refractivity contribution is 9.10. The third-order valence-electron chi connectivity index (χ3n) is 3.87. The molecule has 0 heterocycles. The van der Waals surface area contributed by atoms with Crippen LogP contribution in [0, 0.1) is 5.82 Å². The lowest BCUT2D eigenvalue weighted by atomic mass is 10.2. The molecular formula is C21H15BrClFN2O3. The minimum atomic E-state index is -1.12. The Bertz CT molecular complexity index is 1060. The van der Waals surface area contributed by atoms with Crippen LogP contribution in [-0.4, -0.2) is 17.3 Å². The highest BCUT2D eigenvalue weighted by Gasteiger charge is 2.09. The molecule has 0 aliphatic heterocycles. The van der Waals surface area contributed by atoms with E-state index in [1.807, 2.05) is 12.1 Å². The molecule has 0 radical (unpaired) electrons. The molecule has 0 amide bonds. The van der Waals surface area contributed by atoms with Crippen molar-refractivity contribution in [2.75, 3.05) is 5.43 Å². The molecular weight excluding hydrogens is 463 g/mol. The molecule has 3 rings (SSSR count). The number of carboxylic acids is 1. The number of hydrazone groups is 1. The van der Waals surface area contributed by atoms with Crippen molar-refractivity contribution >= 4 is 45.4 Å². The number of benzene rings is 3. The van der Waals surface area contributed by atoms with Crippen molar-refractivity contribution in [1.82, 2.24) is 0 Å². The summed E-state index contributed by atoms with van der Waals surface area (Å²) < 4.78 is 19.7. The van der Waals surface area contributed by atoms with E-state index in [-0.39, 0.29) is 23.0 Å². The Labute approximate surface area is 179 Å². The number of anilines is 1. The molecule has 0 aromatic heterocycles. The van der Waals surface area contributed by atoms with Gasteiger partial charge in [0.05, 0.1) is 22.5 Å². The summed E-state index contributed by atoms with van der Waals surface area (Å²) in [6.07, 6.45) is 1.56. The molecule has 3 aromatic carbocycles. The molecule has 0 unspecified atom stereocenters. The van der Waals surface area contributed by atoms with Gasteiger partial charge < -0.3 is 9.84 Å². The Hall–Kier alpha value is -2.90. The summed E-state index contributed by atoms with van der Waals surface area (Å²) in [4.78, 5) is 11.2. The lowest BCUT2D eigenvalue weighted by Crippen LogP contribution is -2.00. The molecule has 29 heavy (non-hydrogen) atoms. The summed E-state index contributed by atoms with van der Waals surface area (Å²) in [7, 11) is 0. The number of carboxylic acid groups (broad SMARTS) is 1. The highest BCUT2D eigenvalue weighted by atomic mass is 79.9. The number of hydrogen-bond acceptors (Lipinski definition) is 4. The van der Waals surface area contributed by atoms with Crippen molar-refractivity contribution in [3.63, 3.8) is 0 Å². The molecule has 0 spiro atoms. The fourth-order valence-corrected chi connectivity index (χ4v) is 3.01. The Balaban J connectivity index is 1.73. The minimum Gasteiger partial charge on any atom is -0.488 e. The van der Waals surface area contributed by atoms with Crippen LogP contribution in [0.25, 0.3) is 0 Å². The number of hydrogen-bond donors (Lipinski definition) is 2. The average Bonchev–Trinajstić information content (AvgIpc) is 2.69. The van der Waals surface area contributed by atoms with Gasteiger partial charge in [0.15, 0.2) is 0 Å². The largest absolute Gasteiger partial charge is 0.488 e. The smallest absolute Gasteiger partial charge is 0.337 e. The Morgan fingerprint density at radius 2 is 1.93 bits per heavy atom. The van der Waals surface area contributed by atoms with Gasteiger partial charge in [-0.15, -0.1) is 0 Å². The zero-order chi connectivity index (χ0) is 20.8. The molecule has 5 nitrogen and oxygen atoms in total. The van der Waals surface area contributed by atoms with Gasteiger partial charge in [-0.2, -0.15) is 5.10 Å². The van der Waals surface area contributed by atoms with Crippen LogP contribution >= 0.6 is 27.5 Å². The molecule has 3 aromatic rings. The number of aromatic carboxylic acids is 1. The van der Waals surface area contributed by atoms with Crippen molar-refractivity contribution in [3.05, 3.63) is 92.7 Å². The van der Waals surface area contributed by atoms with Crippen LogP contribution in [0.1, 0.15) is 21.5 Å². The predicted molar refractivity (Wildman–Crippen MR) is 115 cm³/mol. The summed E-state index contributed by atoms with van der Waals surface area (Å²) in [5.41, 5.74) is 4.77. The summed E-state index contributed by atoms with van der Waals surface area (Å²) in [5.74, 6) is -0.832. The van der Waals surface area contributed by atoms with Crippen molar-refractivity contribution in [2.45, 2.75) is 6.61 Å². The van der Waals surface area contributed by atoms with E-state index < -0.39 is 5.97 Å². The van der Waals surface area contributed by atoms with Gasteiger partial charge in [0, 0.05) is 10.0 Å². The fourth-order valence-electron chi connectivity index (χ4n) is 2.43. The molecule has 0 aliphatic rings. The van der Waals surface area contributed by atoms with Crippen LogP contribution in [0.4, 0.5) is 10.1 Å². The summed E-state index contributed by atoms with van der Waals surface area (Å²) in [6, 6.07) is 16.0. The van der Waals surface area contributed by atoms with E-state index in [2.05, 4.69) is 26.5 Å². The van der Waals surface area contributed by atoms with Gasteiger partial charge in [0.1, 0.15) is 18.2 Å². The Kier molecular flexibility index (Phi) is 6.85. The Morgan fingerprint density at radius 3 is 2.66 bits per heavy atom. The summed E-state index contributed by atoms with van der Waals surface area (Å²) in [6.45, 7) is 0.273. The van der Waals surface area contributed by atoms with Crippen LogP contribution < -0.4 is 10.2 Å². The third-order valence-corrected chi connectivity index (χ3v) is 4.70. The number of ether oxygens (including phenoxy) is 1. The molecule has 148 valence electrons. The quantitative estimate of drug-likeness (QED) is 0.325. The van der Waals surface area contributed by atoms with E-state index in [0.717, 1.165) is 10.0 Å². The first-order valence-corrected chi connectivity index (χ1v) is 9.58. The zero-order valence-corrected chi connectivity index (χ0v) is 17.2. The van der Waals surface area contributed by atoms with Gasteiger partial charge >= 0.3 is 5.97 Å². The van der Waals surface area contributed by atoms with Gasteiger partial charge in [0.2, 0.25) is 0 Å². The molecule has 0 saturated heterocycles. The van der Waals surface area contributed by atoms with E-state index in [9.17, 15) is 9.18 Å². The van der Waals surface area contributed by atoms with Crippen LogP contribution in [0.15, 0.2) is 70.2 Å². The lowest BCUT2D eigenvalue weighted by molar-refractivity contribution is 0.0697. The first-order chi connectivity index (χ1) is 13.9. The molecule has 0 fully saturated rings. The average molecular weight is 478 g/mol. The Morgan fingerprint density at radius 1 is 1.17 bits per heavy atom. The van der Waals surface area contributed by atoms with Gasteiger partial charge in [0.25, 0.3) is 0 Å². The van der Waals surface area contributed by atoms with Crippen LogP contribution in [0.5, 0.6) is 5.75 Å². The highest BCUT2D eigenvalue weighted by Crippen LogP contribution is 2.24. The molecule has 8 heteroatoms. The summed E-state index contributed by atoms with van der Waals surface area (Å²) in [5, 5.41) is 13.4. The second-order valence-electron chi connectivity index (χ2n) is 5.97. The van der Waals surface area contributed by atoms with Crippen LogP contribution in [0.3, 0.4) is 0 Å². The van der Waals surface area contributed by atoms with Crippen molar-refractivity contribution in [3.8, 4) is 5.75 Å². The maximum absolute atomic E-state index is 13.0. The monoisotopic (exact) mass is 476 g/mol. The maximum Gasteiger partial charge on any atom is 0.337 e. The number of halogens is 3. The molecule has 0 bridgehead atoms. The molecule has 0 saturated carbocycles. The first kappa shape index (κ1) is 20.8. The van der Waals surface area contributed by atoms with Gasteiger partial charge in [-0.05, 0) is 54.1 Å². The normalized spacial score (nSPS) is 10.9. The number of nitrogens with one attached hydrogen (secondary N) is 1. The van der Waals surface area contributed by atoms with E-state index in [1.54, 1.807) is 30.5 Å². The maximum atomic E-state index is 13.0. The van der Waals surface area contributed by atoms with Crippen LogP contribution in [0.2, 0.25) is 5.02 Å². The van der Waals surface area contributed by atoms with Gasteiger partial charge in [-0.3, -0.25) is 5.43 Å².